The fraction of sp³-hybridized carbons (Fsp3) is 0.500. The summed E-state index contributed by atoms with van der Waals surface area (Å²) >= 11 is 0. The van der Waals surface area contributed by atoms with Crippen molar-refractivity contribution in [2.75, 3.05) is 19.9 Å². The molecule has 0 unspecified atom stereocenters. The van der Waals surface area contributed by atoms with Gasteiger partial charge in [0.15, 0.2) is 11.5 Å². The summed E-state index contributed by atoms with van der Waals surface area (Å²) in [6, 6.07) is 5.34. The van der Waals surface area contributed by atoms with E-state index in [0.717, 1.165) is 25.0 Å². The summed E-state index contributed by atoms with van der Waals surface area (Å²) in [5, 5.41) is 4.06. The number of fused-ring (bicyclic) bond motifs is 1. The Morgan fingerprint density at radius 1 is 1.23 bits per heavy atom. The minimum absolute atomic E-state index is 0.0313. The molecule has 1 fully saturated rings. The van der Waals surface area contributed by atoms with Crippen molar-refractivity contribution >= 4 is 11.6 Å². The van der Waals surface area contributed by atoms with E-state index in [2.05, 4.69) is 5.16 Å². The molecule has 0 saturated carbocycles. The summed E-state index contributed by atoms with van der Waals surface area (Å²) in [4.78, 5) is 20.1. The Hall–Kier alpha value is -2.24. The minimum atomic E-state index is -0.185. The van der Waals surface area contributed by atoms with Crippen LogP contribution in [0.5, 0.6) is 11.5 Å². The standard InChI is InChI=1S/C16H18N2O4/c1-11-9-16(22-17-11)4-6-18(7-5-16)15(19)12-2-3-13-14(8-12)21-10-20-13/h2-3,8H,4-7,9-10H2,1H3. The van der Waals surface area contributed by atoms with Gasteiger partial charge < -0.3 is 19.2 Å². The number of likely N-dealkylation sites (tertiary alicyclic amines) is 1. The van der Waals surface area contributed by atoms with Gasteiger partial charge in [0, 0.05) is 37.9 Å². The second-order valence-electron chi connectivity index (χ2n) is 6.14. The Morgan fingerprint density at radius 3 is 2.73 bits per heavy atom. The van der Waals surface area contributed by atoms with Crippen LogP contribution >= 0.6 is 0 Å². The third-order valence-corrected chi connectivity index (χ3v) is 4.55. The maximum absolute atomic E-state index is 12.6. The lowest BCUT2D eigenvalue weighted by Crippen LogP contribution is -2.46. The molecule has 6 nitrogen and oxygen atoms in total. The Kier molecular flexibility index (Phi) is 2.99. The molecule has 1 saturated heterocycles. The predicted molar refractivity (Wildman–Crippen MR) is 79.2 cm³/mol. The van der Waals surface area contributed by atoms with E-state index in [0.29, 0.717) is 30.2 Å². The van der Waals surface area contributed by atoms with Gasteiger partial charge in [-0.1, -0.05) is 5.16 Å². The molecule has 22 heavy (non-hydrogen) atoms. The summed E-state index contributed by atoms with van der Waals surface area (Å²) in [7, 11) is 0. The van der Waals surface area contributed by atoms with Crippen molar-refractivity contribution < 1.29 is 19.1 Å². The number of amides is 1. The fourth-order valence-corrected chi connectivity index (χ4v) is 3.30. The summed E-state index contributed by atoms with van der Waals surface area (Å²) in [6.07, 6.45) is 2.52. The van der Waals surface area contributed by atoms with E-state index in [-0.39, 0.29) is 18.3 Å². The van der Waals surface area contributed by atoms with Gasteiger partial charge in [-0.2, -0.15) is 0 Å². The zero-order valence-electron chi connectivity index (χ0n) is 12.5. The second-order valence-corrected chi connectivity index (χ2v) is 6.14. The highest BCUT2D eigenvalue weighted by Crippen LogP contribution is 2.36. The van der Waals surface area contributed by atoms with Crippen molar-refractivity contribution in [2.24, 2.45) is 5.16 Å². The summed E-state index contributed by atoms with van der Waals surface area (Å²) in [5.41, 5.74) is 1.49. The first-order chi connectivity index (χ1) is 10.7. The molecule has 3 heterocycles. The molecule has 0 atom stereocenters. The van der Waals surface area contributed by atoms with E-state index in [1.54, 1.807) is 18.2 Å². The smallest absolute Gasteiger partial charge is 0.253 e. The van der Waals surface area contributed by atoms with Gasteiger partial charge in [0.2, 0.25) is 6.79 Å². The summed E-state index contributed by atoms with van der Waals surface area (Å²) < 4.78 is 10.6. The lowest BCUT2D eigenvalue weighted by molar-refractivity contribution is -0.0568. The van der Waals surface area contributed by atoms with Crippen LogP contribution < -0.4 is 9.47 Å². The SMILES string of the molecule is CC1=NOC2(CCN(C(=O)c3ccc4c(c3)OCO4)CC2)C1. The number of piperidine rings is 1. The van der Waals surface area contributed by atoms with Gasteiger partial charge in [-0.05, 0) is 25.1 Å². The zero-order chi connectivity index (χ0) is 15.2. The van der Waals surface area contributed by atoms with Gasteiger partial charge in [0.25, 0.3) is 5.91 Å². The molecule has 1 amide bonds. The van der Waals surface area contributed by atoms with Crippen molar-refractivity contribution in [2.45, 2.75) is 31.8 Å². The molecule has 1 aromatic rings. The van der Waals surface area contributed by atoms with Crippen LogP contribution in [0.15, 0.2) is 23.4 Å². The largest absolute Gasteiger partial charge is 0.454 e. The average molecular weight is 302 g/mol. The normalized spacial score (nSPS) is 21.7. The molecule has 4 rings (SSSR count). The first kappa shape index (κ1) is 13.4. The molecule has 6 heteroatoms. The highest BCUT2D eigenvalue weighted by Gasteiger charge is 2.41. The number of hydrogen-bond donors (Lipinski definition) is 0. The maximum Gasteiger partial charge on any atom is 0.253 e. The Labute approximate surface area is 128 Å². The number of benzene rings is 1. The third kappa shape index (κ3) is 2.19. The van der Waals surface area contributed by atoms with E-state index in [1.807, 2.05) is 11.8 Å². The average Bonchev–Trinajstić information content (AvgIpc) is 3.14. The van der Waals surface area contributed by atoms with Crippen LogP contribution in [0, 0.1) is 0 Å². The van der Waals surface area contributed by atoms with E-state index in [9.17, 15) is 4.79 Å². The molecule has 3 aliphatic rings. The molecule has 0 radical (unpaired) electrons. The van der Waals surface area contributed by atoms with Crippen molar-refractivity contribution in [3.63, 3.8) is 0 Å². The van der Waals surface area contributed by atoms with Crippen molar-refractivity contribution in [1.82, 2.24) is 4.90 Å². The number of carbonyl (C=O) groups excluding carboxylic acids is 1. The minimum Gasteiger partial charge on any atom is -0.454 e. The molecule has 116 valence electrons. The lowest BCUT2D eigenvalue weighted by atomic mass is 9.87. The number of nitrogens with zero attached hydrogens (tertiary/aromatic N) is 2. The molecular weight excluding hydrogens is 284 g/mol. The predicted octanol–water partition coefficient (Wildman–Crippen LogP) is 2.19. The second kappa shape index (κ2) is 4.90. The summed E-state index contributed by atoms with van der Waals surface area (Å²) in [5.74, 6) is 1.37. The Morgan fingerprint density at radius 2 is 2.00 bits per heavy atom. The first-order valence-corrected chi connectivity index (χ1v) is 7.56. The van der Waals surface area contributed by atoms with Crippen LogP contribution in [-0.2, 0) is 4.84 Å². The van der Waals surface area contributed by atoms with Crippen molar-refractivity contribution in [3.8, 4) is 11.5 Å². The highest BCUT2D eigenvalue weighted by atomic mass is 16.7. The molecule has 0 bridgehead atoms. The van der Waals surface area contributed by atoms with E-state index in [1.165, 1.54) is 0 Å². The first-order valence-electron chi connectivity index (χ1n) is 7.56. The van der Waals surface area contributed by atoms with Gasteiger partial charge in [0.05, 0.1) is 5.71 Å². The topological polar surface area (TPSA) is 60.4 Å². The van der Waals surface area contributed by atoms with Crippen LogP contribution in [0.2, 0.25) is 0 Å². The number of rotatable bonds is 1. The van der Waals surface area contributed by atoms with Gasteiger partial charge in [-0.15, -0.1) is 0 Å². The van der Waals surface area contributed by atoms with Gasteiger partial charge in [-0.3, -0.25) is 4.79 Å². The number of ether oxygens (including phenoxy) is 2. The van der Waals surface area contributed by atoms with Crippen LogP contribution in [0.4, 0.5) is 0 Å². The van der Waals surface area contributed by atoms with Crippen LogP contribution in [0.25, 0.3) is 0 Å². The molecule has 0 aromatic heterocycles. The van der Waals surface area contributed by atoms with Gasteiger partial charge in [0.1, 0.15) is 5.60 Å². The quantitative estimate of drug-likeness (QED) is 0.798. The number of carbonyl (C=O) groups is 1. The number of oxime groups is 1. The zero-order valence-corrected chi connectivity index (χ0v) is 12.5. The molecule has 3 aliphatic heterocycles. The van der Waals surface area contributed by atoms with E-state index < -0.39 is 0 Å². The number of hydrogen-bond acceptors (Lipinski definition) is 5. The third-order valence-electron chi connectivity index (χ3n) is 4.55. The lowest BCUT2D eigenvalue weighted by Gasteiger charge is -2.37. The van der Waals surface area contributed by atoms with Crippen LogP contribution in [0.1, 0.15) is 36.5 Å². The molecule has 1 spiro atoms. The maximum atomic E-state index is 12.6. The highest BCUT2D eigenvalue weighted by molar-refractivity contribution is 5.95. The fourth-order valence-electron chi connectivity index (χ4n) is 3.30. The Bertz CT molecular complexity index is 648. The monoisotopic (exact) mass is 302 g/mol. The van der Waals surface area contributed by atoms with Gasteiger partial charge >= 0.3 is 0 Å². The molecule has 1 aromatic carbocycles. The van der Waals surface area contributed by atoms with Crippen LogP contribution in [-0.4, -0.2) is 42.0 Å². The van der Waals surface area contributed by atoms with Crippen molar-refractivity contribution in [3.05, 3.63) is 23.8 Å². The van der Waals surface area contributed by atoms with E-state index in [4.69, 9.17) is 14.3 Å². The molecule has 0 N–H and O–H groups in total. The van der Waals surface area contributed by atoms with Gasteiger partial charge in [-0.25, -0.2) is 0 Å². The van der Waals surface area contributed by atoms with Crippen molar-refractivity contribution in [1.29, 1.82) is 0 Å². The molecular formula is C16H18N2O4. The summed E-state index contributed by atoms with van der Waals surface area (Å²) in [6.45, 7) is 3.58. The Balaban J connectivity index is 1.44. The molecule has 0 aliphatic carbocycles. The van der Waals surface area contributed by atoms with E-state index >= 15 is 0 Å². The van der Waals surface area contributed by atoms with Crippen LogP contribution in [0.3, 0.4) is 0 Å².